The van der Waals surface area contributed by atoms with Gasteiger partial charge in [0.05, 0.1) is 0 Å². The average Bonchev–Trinajstić information content (AvgIpc) is 2.43. The van der Waals surface area contributed by atoms with Crippen LogP contribution in [-0.4, -0.2) is 35.6 Å². The molecule has 0 radical (unpaired) electrons. The monoisotopic (exact) mass is 306 g/mol. The van der Waals surface area contributed by atoms with Gasteiger partial charge in [-0.25, -0.2) is 0 Å². The van der Waals surface area contributed by atoms with E-state index in [1.807, 2.05) is 51.0 Å². The van der Waals surface area contributed by atoms with Gasteiger partial charge in [-0.3, -0.25) is 0 Å². The normalized spacial score (nSPS) is 10.3. The van der Waals surface area contributed by atoms with Crippen LogP contribution in [-0.2, 0) is 0 Å². The lowest BCUT2D eigenvalue weighted by Crippen LogP contribution is -2.16. The smallest absolute Gasteiger partial charge is 0.233 e. The van der Waals surface area contributed by atoms with E-state index in [2.05, 4.69) is 25.6 Å². The highest BCUT2D eigenvalue weighted by molar-refractivity contribution is 6.30. The van der Waals surface area contributed by atoms with Crippen molar-refractivity contribution in [2.45, 2.75) is 13.8 Å². The summed E-state index contributed by atoms with van der Waals surface area (Å²) in [4.78, 5) is 14.9. The minimum atomic E-state index is 0.481. The molecule has 1 heterocycles. The molecule has 0 aliphatic heterocycles. The number of aryl methyl sites for hydroxylation is 1. The lowest BCUT2D eigenvalue weighted by Gasteiger charge is -2.14. The van der Waals surface area contributed by atoms with Gasteiger partial charge in [0.2, 0.25) is 17.8 Å². The number of nitrogens with one attached hydrogen (secondary N) is 2. The maximum absolute atomic E-state index is 6.03. The zero-order chi connectivity index (χ0) is 15.4. The van der Waals surface area contributed by atoms with Gasteiger partial charge in [-0.1, -0.05) is 17.7 Å². The number of hydrogen-bond acceptors (Lipinski definition) is 6. The van der Waals surface area contributed by atoms with E-state index >= 15 is 0 Å². The van der Waals surface area contributed by atoms with Crippen LogP contribution in [0.2, 0.25) is 5.02 Å². The first-order chi connectivity index (χ1) is 9.99. The molecule has 0 bridgehead atoms. The van der Waals surface area contributed by atoms with E-state index < -0.39 is 0 Å². The van der Waals surface area contributed by atoms with Crippen LogP contribution in [0.3, 0.4) is 0 Å². The van der Waals surface area contributed by atoms with Crippen molar-refractivity contribution in [1.29, 1.82) is 0 Å². The Bertz CT molecular complexity index is 629. The molecule has 0 fully saturated rings. The van der Waals surface area contributed by atoms with Crippen molar-refractivity contribution in [2.75, 3.05) is 36.2 Å². The molecular weight excluding hydrogens is 288 g/mol. The van der Waals surface area contributed by atoms with E-state index in [1.165, 1.54) is 0 Å². The van der Waals surface area contributed by atoms with Crippen LogP contribution in [0.1, 0.15) is 12.5 Å². The molecule has 2 aromatic rings. The van der Waals surface area contributed by atoms with Crippen LogP contribution in [0.15, 0.2) is 18.2 Å². The molecule has 0 saturated heterocycles. The Morgan fingerprint density at radius 2 is 1.86 bits per heavy atom. The minimum absolute atomic E-state index is 0.481. The molecule has 0 aliphatic carbocycles. The Morgan fingerprint density at radius 3 is 2.52 bits per heavy atom. The van der Waals surface area contributed by atoms with Crippen LogP contribution in [0.4, 0.5) is 23.5 Å². The highest BCUT2D eigenvalue weighted by Gasteiger charge is 2.09. The molecule has 0 aliphatic rings. The first-order valence-corrected chi connectivity index (χ1v) is 7.08. The molecule has 112 valence electrons. The lowest BCUT2D eigenvalue weighted by atomic mass is 10.2. The number of nitrogens with zero attached hydrogens (tertiary/aromatic N) is 4. The third-order valence-electron chi connectivity index (χ3n) is 2.80. The quantitative estimate of drug-likeness (QED) is 0.885. The largest absolute Gasteiger partial charge is 0.354 e. The molecule has 2 N–H and O–H groups in total. The molecule has 6 nitrogen and oxygen atoms in total. The predicted molar refractivity (Wildman–Crippen MR) is 87.8 cm³/mol. The van der Waals surface area contributed by atoms with Crippen molar-refractivity contribution in [3.8, 4) is 0 Å². The molecule has 21 heavy (non-hydrogen) atoms. The summed E-state index contributed by atoms with van der Waals surface area (Å²) in [5, 5.41) is 6.96. The fourth-order valence-electron chi connectivity index (χ4n) is 1.71. The molecule has 1 aromatic carbocycles. The van der Waals surface area contributed by atoms with Crippen LogP contribution in [0, 0.1) is 6.92 Å². The SMILES string of the molecule is CCNc1nc(Nc2cc(Cl)ccc2C)nc(N(C)C)n1. The van der Waals surface area contributed by atoms with Gasteiger partial charge in [0.25, 0.3) is 0 Å². The summed E-state index contributed by atoms with van der Waals surface area (Å²) in [5.74, 6) is 1.61. The Kier molecular flexibility index (Phi) is 4.80. The Hall–Kier alpha value is -2.08. The Morgan fingerprint density at radius 1 is 1.14 bits per heavy atom. The van der Waals surface area contributed by atoms with Crippen molar-refractivity contribution >= 4 is 35.1 Å². The molecule has 1 aromatic heterocycles. The van der Waals surface area contributed by atoms with Gasteiger partial charge < -0.3 is 15.5 Å². The number of anilines is 4. The summed E-state index contributed by atoms with van der Waals surface area (Å²) in [6, 6.07) is 5.65. The fraction of sp³-hybridized carbons (Fsp3) is 0.357. The summed E-state index contributed by atoms with van der Waals surface area (Å²) in [6.07, 6.45) is 0. The lowest BCUT2D eigenvalue weighted by molar-refractivity contribution is 0.953. The number of hydrogen-bond donors (Lipinski definition) is 2. The molecular formula is C14H19ClN6. The van der Waals surface area contributed by atoms with E-state index in [-0.39, 0.29) is 0 Å². The van der Waals surface area contributed by atoms with Crippen LogP contribution in [0.25, 0.3) is 0 Å². The predicted octanol–water partition coefficient (Wildman–Crippen LogP) is 3.07. The summed E-state index contributed by atoms with van der Waals surface area (Å²) < 4.78 is 0. The molecule has 0 saturated carbocycles. The van der Waals surface area contributed by atoms with Crippen molar-refractivity contribution in [3.05, 3.63) is 28.8 Å². The second-order valence-electron chi connectivity index (χ2n) is 4.79. The topological polar surface area (TPSA) is 66.0 Å². The molecule has 7 heteroatoms. The van der Waals surface area contributed by atoms with Gasteiger partial charge in [0.1, 0.15) is 0 Å². The van der Waals surface area contributed by atoms with Gasteiger partial charge in [-0.2, -0.15) is 15.0 Å². The molecule has 0 atom stereocenters. The highest BCUT2D eigenvalue weighted by Crippen LogP contribution is 2.23. The first kappa shape index (κ1) is 15.3. The van der Waals surface area contributed by atoms with Gasteiger partial charge in [-0.15, -0.1) is 0 Å². The zero-order valence-corrected chi connectivity index (χ0v) is 13.4. The van der Waals surface area contributed by atoms with Crippen LogP contribution >= 0.6 is 11.6 Å². The maximum Gasteiger partial charge on any atom is 0.233 e. The van der Waals surface area contributed by atoms with Crippen LogP contribution in [0.5, 0.6) is 0 Å². The Balaban J connectivity index is 2.36. The van der Waals surface area contributed by atoms with E-state index in [0.717, 1.165) is 17.8 Å². The molecule has 0 amide bonds. The Labute approximate surface area is 129 Å². The summed E-state index contributed by atoms with van der Waals surface area (Å²) >= 11 is 6.03. The number of benzene rings is 1. The molecule has 0 unspecified atom stereocenters. The third kappa shape index (κ3) is 3.95. The summed E-state index contributed by atoms with van der Waals surface area (Å²) in [7, 11) is 3.78. The third-order valence-corrected chi connectivity index (χ3v) is 3.04. The second-order valence-corrected chi connectivity index (χ2v) is 5.23. The summed E-state index contributed by atoms with van der Waals surface area (Å²) in [5.41, 5.74) is 1.94. The highest BCUT2D eigenvalue weighted by atomic mass is 35.5. The fourth-order valence-corrected chi connectivity index (χ4v) is 1.88. The first-order valence-electron chi connectivity index (χ1n) is 6.70. The molecule has 0 spiro atoms. The number of halogens is 1. The second kappa shape index (κ2) is 6.58. The van der Waals surface area contributed by atoms with E-state index in [9.17, 15) is 0 Å². The van der Waals surface area contributed by atoms with E-state index in [0.29, 0.717) is 22.9 Å². The molecule has 2 rings (SSSR count). The van der Waals surface area contributed by atoms with E-state index in [1.54, 1.807) is 0 Å². The maximum atomic E-state index is 6.03. The number of rotatable bonds is 5. The van der Waals surface area contributed by atoms with Gasteiger partial charge in [-0.05, 0) is 31.5 Å². The van der Waals surface area contributed by atoms with Gasteiger partial charge in [0.15, 0.2) is 0 Å². The van der Waals surface area contributed by atoms with Crippen molar-refractivity contribution in [3.63, 3.8) is 0 Å². The van der Waals surface area contributed by atoms with Crippen LogP contribution < -0.4 is 15.5 Å². The van der Waals surface area contributed by atoms with E-state index in [4.69, 9.17) is 11.6 Å². The average molecular weight is 307 g/mol. The zero-order valence-electron chi connectivity index (χ0n) is 12.6. The van der Waals surface area contributed by atoms with Gasteiger partial charge >= 0.3 is 0 Å². The minimum Gasteiger partial charge on any atom is -0.354 e. The van der Waals surface area contributed by atoms with Gasteiger partial charge in [0, 0.05) is 31.4 Å². The van der Waals surface area contributed by atoms with Crippen molar-refractivity contribution in [1.82, 2.24) is 15.0 Å². The standard InChI is InChI=1S/C14H19ClN6/c1-5-16-12-18-13(20-14(19-12)21(3)4)17-11-8-10(15)7-6-9(11)2/h6-8H,5H2,1-4H3,(H2,16,17,18,19,20). The summed E-state index contributed by atoms with van der Waals surface area (Å²) in [6.45, 7) is 4.73. The van der Waals surface area contributed by atoms with Crippen molar-refractivity contribution in [2.24, 2.45) is 0 Å². The van der Waals surface area contributed by atoms with Crippen molar-refractivity contribution < 1.29 is 0 Å². The number of aromatic nitrogens is 3.